The summed E-state index contributed by atoms with van der Waals surface area (Å²) in [5, 5.41) is 10.4. The van der Waals surface area contributed by atoms with Crippen LogP contribution in [0, 0.1) is 10.1 Å². The minimum Gasteiger partial charge on any atom is -0.292 e. The Bertz CT molecular complexity index is 465. The number of benzene rings is 1. The van der Waals surface area contributed by atoms with Crippen LogP contribution in [0.1, 0.15) is 15.9 Å². The fraction of sp³-hybridized carbons (Fsp3) is 0.200. The zero-order valence-corrected chi connectivity index (χ0v) is 7.84. The Morgan fingerprint density at radius 3 is 2.67 bits per heavy atom. The number of fused-ring (bicyclic) bond motifs is 1. The average Bonchev–Trinajstić information content (AvgIpc) is 2.22. The van der Waals surface area contributed by atoms with Crippen LogP contribution in [-0.2, 0) is 0 Å². The largest absolute Gasteiger partial charge is 0.292 e. The van der Waals surface area contributed by atoms with E-state index in [4.69, 9.17) is 0 Å². The molecule has 0 N–H and O–H groups in total. The van der Waals surface area contributed by atoms with E-state index in [0.717, 1.165) is 0 Å². The van der Waals surface area contributed by atoms with E-state index in [1.807, 2.05) is 0 Å². The lowest BCUT2D eigenvalue weighted by atomic mass is 9.97. The summed E-state index contributed by atoms with van der Waals surface area (Å²) in [7, 11) is 0. The summed E-state index contributed by atoms with van der Waals surface area (Å²) >= 11 is 0. The summed E-state index contributed by atoms with van der Waals surface area (Å²) in [6.45, 7) is -0.315. The van der Waals surface area contributed by atoms with E-state index >= 15 is 0 Å². The van der Waals surface area contributed by atoms with Gasteiger partial charge in [-0.2, -0.15) is 0 Å². The third kappa shape index (κ3) is 1.76. The molecule has 1 heterocycles. The lowest BCUT2D eigenvalue weighted by Gasteiger charge is -2.12. The smallest absolute Gasteiger partial charge is 0.245 e. The summed E-state index contributed by atoms with van der Waals surface area (Å²) in [5.74, 6) is -0.0855. The molecule has 0 bridgehead atoms. The normalized spacial score (nSPS) is 14.4. The van der Waals surface area contributed by atoms with Gasteiger partial charge in [0.2, 0.25) is 6.54 Å². The minimum absolute atomic E-state index is 0.0141. The monoisotopic (exact) mass is 204 g/mol. The van der Waals surface area contributed by atoms with Gasteiger partial charge in [-0.1, -0.05) is 24.3 Å². The Morgan fingerprint density at radius 1 is 1.33 bits per heavy atom. The van der Waals surface area contributed by atoms with Crippen LogP contribution in [0.15, 0.2) is 29.3 Å². The predicted molar refractivity (Wildman–Crippen MR) is 54.0 cm³/mol. The fourth-order valence-electron chi connectivity index (χ4n) is 1.57. The summed E-state index contributed by atoms with van der Waals surface area (Å²) in [6.07, 6.45) is 0. The maximum Gasteiger partial charge on any atom is 0.245 e. The van der Waals surface area contributed by atoms with Gasteiger partial charge in [0.05, 0.1) is 0 Å². The van der Waals surface area contributed by atoms with E-state index in [9.17, 15) is 14.9 Å². The molecule has 76 valence electrons. The van der Waals surface area contributed by atoms with Crippen LogP contribution in [0.4, 0.5) is 0 Å². The van der Waals surface area contributed by atoms with E-state index in [0.29, 0.717) is 16.8 Å². The number of nitrogens with zero attached hydrogens (tertiary/aromatic N) is 2. The van der Waals surface area contributed by atoms with E-state index < -0.39 is 4.92 Å². The van der Waals surface area contributed by atoms with Gasteiger partial charge in [0, 0.05) is 16.1 Å². The molecule has 0 radical (unpaired) electrons. The fourth-order valence-corrected chi connectivity index (χ4v) is 1.57. The SMILES string of the molecule is O=C1CN=C(C[N+](=O)[O-])c2ccccc21. The molecule has 0 aliphatic carbocycles. The van der Waals surface area contributed by atoms with Crippen molar-refractivity contribution in [2.45, 2.75) is 0 Å². The lowest BCUT2D eigenvalue weighted by Crippen LogP contribution is -2.24. The van der Waals surface area contributed by atoms with Gasteiger partial charge >= 0.3 is 0 Å². The van der Waals surface area contributed by atoms with Gasteiger partial charge in [-0.3, -0.25) is 19.9 Å². The van der Waals surface area contributed by atoms with Gasteiger partial charge in [0.15, 0.2) is 5.78 Å². The Hall–Kier alpha value is -2.04. The third-order valence-electron chi connectivity index (χ3n) is 2.23. The van der Waals surface area contributed by atoms with Crippen molar-refractivity contribution in [3.63, 3.8) is 0 Å². The van der Waals surface area contributed by atoms with E-state index in [2.05, 4.69) is 4.99 Å². The first-order chi connectivity index (χ1) is 7.18. The van der Waals surface area contributed by atoms with Crippen LogP contribution in [0.2, 0.25) is 0 Å². The Kier molecular flexibility index (Phi) is 2.29. The molecule has 1 aliphatic heterocycles. The zero-order chi connectivity index (χ0) is 10.8. The van der Waals surface area contributed by atoms with Crippen molar-refractivity contribution in [2.24, 2.45) is 4.99 Å². The first-order valence-corrected chi connectivity index (χ1v) is 4.46. The predicted octanol–water partition coefficient (Wildman–Crippen LogP) is 0.949. The lowest BCUT2D eigenvalue weighted by molar-refractivity contribution is -0.462. The second-order valence-electron chi connectivity index (χ2n) is 3.22. The van der Waals surface area contributed by atoms with Gasteiger partial charge < -0.3 is 0 Å². The van der Waals surface area contributed by atoms with Crippen LogP contribution >= 0.6 is 0 Å². The maximum atomic E-state index is 11.4. The highest BCUT2D eigenvalue weighted by Gasteiger charge is 2.22. The number of aliphatic imine (C=N–C) groups is 1. The number of rotatable bonds is 2. The summed E-state index contributed by atoms with van der Waals surface area (Å²) < 4.78 is 0. The highest BCUT2D eigenvalue weighted by molar-refractivity contribution is 6.15. The Labute approximate surface area is 85.6 Å². The van der Waals surface area contributed by atoms with Crippen molar-refractivity contribution < 1.29 is 9.72 Å². The molecular formula is C10H8N2O3. The Morgan fingerprint density at radius 2 is 2.00 bits per heavy atom. The van der Waals surface area contributed by atoms with Crippen molar-refractivity contribution in [1.29, 1.82) is 0 Å². The van der Waals surface area contributed by atoms with Crippen LogP contribution in [0.25, 0.3) is 0 Å². The van der Waals surface area contributed by atoms with Crippen molar-refractivity contribution in [1.82, 2.24) is 0 Å². The summed E-state index contributed by atoms with van der Waals surface area (Å²) in [5.41, 5.74) is 1.50. The molecule has 0 unspecified atom stereocenters. The molecule has 15 heavy (non-hydrogen) atoms. The third-order valence-corrected chi connectivity index (χ3v) is 2.23. The molecule has 0 saturated heterocycles. The molecule has 0 fully saturated rings. The van der Waals surface area contributed by atoms with Crippen LogP contribution in [0.5, 0.6) is 0 Å². The number of carbonyl (C=O) groups is 1. The summed E-state index contributed by atoms with van der Waals surface area (Å²) in [6, 6.07) is 6.85. The number of carbonyl (C=O) groups excluding carboxylic acids is 1. The van der Waals surface area contributed by atoms with Crippen LogP contribution in [0.3, 0.4) is 0 Å². The van der Waals surface area contributed by atoms with Crippen molar-refractivity contribution in [3.8, 4) is 0 Å². The number of hydrogen-bond donors (Lipinski definition) is 0. The molecule has 5 heteroatoms. The second kappa shape index (κ2) is 3.61. The number of ketones is 1. The average molecular weight is 204 g/mol. The molecule has 0 aromatic heterocycles. The number of Topliss-reactive ketones (excluding diaryl/α,β-unsaturated/α-hetero) is 1. The first kappa shape index (κ1) is 9.51. The molecule has 5 nitrogen and oxygen atoms in total. The Balaban J connectivity index is 2.44. The molecule has 1 aromatic carbocycles. The van der Waals surface area contributed by atoms with E-state index in [1.54, 1.807) is 24.3 Å². The summed E-state index contributed by atoms with van der Waals surface area (Å²) in [4.78, 5) is 25.3. The van der Waals surface area contributed by atoms with Gasteiger partial charge in [-0.25, -0.2) is 0 Å². The second-order valence-corrected chi connectivity index (χ2v) is 3.22. The highest BCUT2D eigenvalue weighted by atomic mass is 16.6. The van der Waals surface area contributed by atoms with Gasteiger partial charge in [0.1, 0.15) is 12.3 Å². The van der Waals surface area contributed by atoms with E-state index in [-0.39, 0.29) is 18.9 Å². The molecule has 2 rings (SSSR count). The topological polar surface area (TPSA) is 72.6 Å². The molecule has 0 spiro atoms. The first-order valence-electron chi connectivity index (χ1n) is 4.46. The standard InChI is InChI=1S/C10H8N2O3/c13-10-5-11-9(6-12(14)15)7-3-1-2-4-8(7)10/h1-4H,5-6H2. The van der Waals surface area contributed by atoms with Crippen molar-refractivity contribution >= 4 is 11.5 Å². The van der Waals surface area contributed by atoms with Gasteiger partial charge in [-0.15, -0.1) is 0 Å². The van der Waals surface area contributed by atoms with Gasteiger partial charge in [-0.05, 0) is 0 Å². The van der Waals surface area contributed by atoms with Crippen LogP contribution in [-0.4, -0.2) is 29.5 Å². The molecular weight excluding hydrogens is 196 g/mol. The quantitative estimate of drug-likeness (QED) is 0.531. The van der Waals surface area contributed by atoms with Crippen LogP contribution < -0.4 is 0 Å². The molecule has 0 saturated carbocycles. The van der Waals surface area contributed by atoms with Gasteiger partial charge in [0.25, 0.3) is 0 Å². The molecule has 0 amide bonds. The van der Waals surface area contributed by atoms with Crippen molar-refractivity contribution in [3.05, 3.63) is 45.5 Å². The molecule has 1 aliphatic rings. The van der Waals surface area contributed by atoms with E-state index in [1.165, 1.54) is 0 Å². The number of hydrogen-bond acceptors (Lipinski definition) is 4. The number of nitro groups is 1. The molecule has 0 atom stereocenters. The van der Waals surface area contributed by atoms with Crippen molar-refractivity contribution in [2.75, 3.05) is 13.1 Å². The maximum absolute atomic E-state index is 11.4. The minimum atomic E-state index is -0.439. The zero-order valence-electron chi connectivity index (χ0n) is 7.84. The highest BCUT2D eigenvalue weighted by Crippen LogP contribution is 2.15. The molecule has 1 aromatic rings.